The minimum atomic E-state index is -0.243. The van der Waals surface area contributed by atoms with Crippen molar-refractivity contribution in [2.24, 2.45) is 0 Å². The van der Waals surface area contributed by atoms with E-state index >= 15 is 0 Å². The van der Waals surface area contributed by atoms with Crippen LogP contribution >= 0.6 is 15.9 Å². The van der Waals surface area contributed by atoms with Crippen LogP contribution in [0.25, 0.3) is 11.0 Å². The number of amides is 1. The van der Waals surface area contributed by atoms with Crippen LogP contribution in [0.2, 0.25) is 0 Å². The highest BCUT2D eigenvalue weighted by atomic mass is 79.9. The second-order valence-corrected chi connectivity index (χ2v) is 6.87. The summed E-state index contributed by atoms with van der Waals surface area (Å²) < 4.78 is 0.833. The Hall–Kier alpha value is -2.47. The molecule has 2 heterocycles. The van der Waals surface area contributed by atoms with E-state index in [2.05, 4.69) is 31.1 Å². The number of rotatable bonds is 3. The van der Waals surface area contributed by atoms with E-state index in [-0.39, 0.29) is 5.91 Å². The molecule has 5 nitrogen and oxygen atoms in total. The summed E-state index contributed by atoms with van der Waals surface area (Å²) in [5.74, 6) is 0.424. The largest absolute Gasteiger partial charge is 0.355 e. The summed E-state index contributed by atoms with van der Waals surface area (Å²) in [5, 5.41) is 2.94. The van der Waals surface area contributed by atoms with Crippen LogP contribution in [0.1, 0.15) is 23.3 Å². The topological polar surface area (TPSA) is 58.1 Å². The lowest BCUT2D eigenvalue weighted by molar-refractivity contribution is 0.102. The molecule has 0 radical (unpaired) electrons. The Morgan fingerprint density at radius 3 is 2.32 bits per heavy atom. The number of halogens is 1. The zero-order valence-corrected chi connectivity index (χ0v) is 15.2. The lowest BCUT2D eigenvalue weighted by Crippen LogP contribution is -2.25. The second kappa shape index (κ2) is 6.80. The molecule has 1 fully saturated rings. The van der Waals surface area contributed by atoms with Crippen LogP contribution < -0.4 is 10.2 Å². The first-order valence-electron chi connectivity index (χ1n) is 8.30. The fraction of sp³-hybridized carbons (Fsp3) is 0.211. The molecule has 4 rings (SSSR count). The van der Waals surface area contributed by atoms with Gasteiger partial charge >= 0.3 is 0 Å². The highest BCUT2D eigenvalue weighted by molar-refractivity contribution is 9.10. The first kappa shape index (κ1) is 16.0. The third-order valence-corrected chi connectivity index (χ3v) is 4.99. The van der Waals surface area contributed by atoms with E-state index < -0.39 is 0 Å². The number of aromatic nitrogens is 2. The number of benzene rings is 2. The van der Waals surface area contributed by atoms with Crippen molar-refractivity contribution in [3.8, 4) is 0 Å². The molecule has 1 amide bonds. The molecule has 1 aliphatic rings. The number of hydrogen-bond donors (Lipinski definition) is 1. The average Bonchev–Trinajstić information content (AvgIpc) is 3.17. The number of anilines is 2. The van der Waals surface area contributed by atoms with E-state index in [1.54, 1.807) is 0 Å². The van der Waals surface area contributed by atoms with Crippen LogP contribution in [0.4, 0.5) is 11.5 Å². The molecule has 0 spiro atoms. The monoisotopic (exact) mass is 396 g/mol. The Balaban J connectivity index is 1.77. The van der Waals surface area contributed by atoms with Gasteiger partial charge in [-0.05, 0) is 53.0 Å². The van der Waals surface area contributed by atoms with Gasteiger partial charge in [-0.3, -0.25) is 4.79 Å². The van der Waals surface area contributed by atoms with Crippen LogP contribution in [0, 0.1) is 0 Å². The predicted molar refractivity (Wildman–Crippen MR) is 103 cm³/mol. The Morgan fingerprint density at radius 1 is 0.960 bits per heavy atom. The molecule has 2 aromatic carbocycles. The summed E-state index contributed by atoms with van der Waals surface area (Å²) in [6, 6.07) is 15.2. The third-order valence-electron chi connectivity index (χ3n) is 4.29. The van der Waals surface area contributed by atoms with Gasteiger partial charge in [-0.15, -0.1) is 0 Å². The molecule has 3 aromatic rings. The maximum atomic E-state index is 12.9. The minimum absolute atomic E-state index is 0.243. The fourth-order valence-electron chi connectivity index (χ4n) is 3.04. The van der Waals surface area contributed by atoms with Crippen molar-refractivity contribution in [2.75, 3.05) is 23.3 Å². The van der Waals surface area contributed by atoms with Crippen molar-refractivity contribution in [3.05, 3.63) is 58.7 Å². The van der Waals surface area contributed by atoms with Gasteiger partial charge in [0.05, 0.1) is 16.7 Å². The van der Waals surface area contributed by atoms with Gasteiger partial charge in [-0.2, -0.15) is 0 Å². The van der Waals surface area contributed by atoms with Gasteiger partial charge < -0.3 is 10.2 Å². The van der Waals surface area contributed by atoms with Crippen molar-refractivity contribution < 1.29 is 4.79 Å². The van der Waals surface area contributed by atoms with Crippen LogP contribution in [0.5, 0.6) is 0 Å². The lowest BCUT2D eigenvalue weighted by atomic mass is 10.2. The number of carbonyl (C=O) groups excluding carboxylic acids is 1. The quantitative estimate of drug-likeness (QED) is 0.718. The maximum absolute atomic E-state index is 12.9. The van der Waals surface area contributed by atoms with E-state index in [0.29, 0.717) is 11.5 Å². The molecule has 0 aliphatic carbocycles. The van der Waals surface area contributed by atoms with Gasteiger partial charge in [0.2, 0.25) is 0 Å². The highest BCUT2D eigenvalue weighted by Crippen LogP contribution is 2.26. The van der Waals surface area contributed by atoms with E-state index in [1.165, 1.54) is 0 Å². The molecule has 0 bridgehead atoms. The fourth-order valence-corrected chi connectivity index (χ4v) is 3.42. The Morgan fingerprint density at radius 2 is 1.60 bits per heavy atom. The average molecular weight is 397 g/mol. The highest BCUT2D eigenvalue weighted by Gasteiger charge is 2.23. The number of nitrogens with zero attached hydrogens (tertiary/aromatic N) is 3. The molecule has 1 N–H and O–H groups in total. The zero-order chi connectivity index (χ0) is 17.2. The van der Waals surface area contributed by atoms with E-state index in [9.17, 15) is 4.79 Å². The van der Waals surface area contributed by atoms with E-state index in [0.717, 1.165) is 47.1 Å². The standard InChI is InChI=1S/C19H17BrN4O/c20-13-7-1-2-8-14(13)23-19(25)17-18(24-11-5-6-12-24)22-16-10-4-3-9-15(16)21-17/h1-4,7-10H,5-6,11-12H2,(H,23,25). The lowest BCUT2D eigenvalue weighted by Gasteiger charge is -2.19. The first-order valence-corrected chi connectivity index (χ1v) is 9.09. The number of carbonyl (C=O) groups is 1. The molecule has 126 valence electrons. The molecule has 1 saturated heterocycles. The van der Waals surface area contributed by atoms with Gasteiger partial charge in [-0.1, -0.05) is 24.3 Å². The summed E-state index contributed by atoms with van der Waals surface area (Å²) >= 11 is 3.46. The first-order chi connectivity index (χ1) is 12.2. The minimum Gasteiger partial charge on any atom is -0.355 e. The van der Waals surface area contributed by atoms with Crippen LogP contribution in [0.3, 0.4) is 0 Å². The number of hydrogen-bond acceptors (Lipinski definition) is 4. The van der Waals surface area contributed by atoms with Crippen molar-refractivity contribution in [1.29, 1.82) is 0 Å². The van der Waals surface area contributed by atoms with E-state index in [4.69, 9.17) is 4.98 Å². The molecule has 1 aromatic heterocycles. The molecule has 6 heteroatoms. The van der Waals surface area contributed by atoms with Crippen molar-refractivity contribution >= 4 is 44.4 Å². The summed E-state index contributed by atoms with van der Waals surface area (Å²) in [4.78, 5) is 24.4. The molecule has 25 heavy (non-hydrogen) atoms. The van der Waals surface area contributed by atoms with Gasteiger partial charge in [0.15, 0.2) is 11.5 Å². The van der Waals surface area contributed by atoms with Crippen LogP contribution in [0.15, 0.2) is 53.0 Å². The smallest absolute Gasteiger partial charge is 0.278 e. The van der Waals surface area contributed by atoms with Crippen LogP contribution in [-0.4, -0.2) is 29.0 Å². The number of fused-ring (bicyclic) bond motifs is 1. The predicted octanol–water partition coefficient (Wildman–Crippen LogP) is 4.24. The molecule has 1 aliphatic heterocycles. The van der Waals surface area contributed by atoms with Crippen LogP contribution in [-0.2, 0) is 0 Å². The Kier molecular flexibility index (Phi) is 4.36. The van der Waals surface area contributed by atoms with Crippen molar-refractivity contribution in [3.63, 3.8) is 0 Å². The van der Waals surface area contributed by atoms with Gasteiger partial charge in [-0.25, -0.2) is 9.97 Å². The maximum Gasteiger partial charge on any atom is 0.278 e. The summed E-state index contributed by atoms with van der Waals surface area (Å²) in [6.45, 7) is 1.81. The second-order valence-electron chi connectivity index (χ2n) is 6.01. The molecule has 0 unspecified atom stereocenters. The van der Waals surface area contributed by atoms with E-state index in [1.807, 2.05) is 48.5 Å². The van der Waals surface area contributed by atoms with Gasteiger partial charge in [0.25, 0.3) is 5.91 Å². The molecular weight excluding hydrogens is 380 g/mol. The number of nitrogens with one attached hydrogen (secondary N) is 1. The van der Waals surface area contributed by atoms with Crippen molar-refractivity contribution in [1.82, 2.24) is 9.97 Å². The molecular formula is C19H17BrN4O. The van der Waals surface area contributed by atoms with Crippen molar-refractivity contribution in [2.45, 2.75) is 12.8 Å². The summed E-state index contributed by atoms with van der Waals surface area (Å²) in [7, 11) is 0. The summed E-state index contributed by atoms with van der Waals surface area (Å²) in [6.07, 6.45) is 2.22. The zero-order valence-electron chi connectivity index (χ0n) is 13.6. The third kappa shape index (κ3) is 3.22. The Bertz CT molecular complexity index is 938. The number of para-hydroxylation sites is 3. The Labute approximate surface area is 154 Å². The summed E-state index contributed by atoms with van der Waals surface area (Å²) in [5.41, 5.74) is 2.62. The molecule has 0 atom stereocenters. The van der Waals surface area contributed by atoms with Gasteiger partial charge in [0.1, 0.15) is 0 Å². The van der Waals surface area contributed by atoms with Gasteiger partial charge in [0, 0.05) is 17.6 Å². The molecule has 0 saturated carbocycles. The SMILES string of the molecule is O=C(Nc1ccccc1Br)c1nc2ccccc2nc1N1CCCC1. The normalized spacial score (nSPS) is 14.0.